The lowest BCUT2D eigenvalue weighted by molar-refractivity contribution is -0.118. The number of benzene rings is 2. The quantitative estimate of drug-likeness (QED) is 0.890. The predicted octanol–water partition coefficient (Wildman–Crippen LogP) is 3.41. The van der Waals surface area contributed by atoms with Gasteiger partial charge in [0.2, 0.25) is 0 Å². The van der Waals surface area contributed by atoms with Crippen molar-refractivity contribution in [2.24, 2.45) is 0 Å². The van der Waals surface area contributed by atoms with Gasteiger partial charge in [-0.25, -0.2) is 0 Å². The van der Waals surface area contributed by atoms with Gasteiger partial charge in [0.05, 0.1) is 6.10 Å². The van der Waals surface area contributed by atoms with Crippen molar-refractivity contribution in [3.8, 4) is 5.75 Å². The van der Waals surface area contributed by atoms with Crippen molar-refractivity contribution < 1.29 is 14.6 Å². The summed E-state index contributed by atoms with van der Waals surface area (Å²) in [6.45, 7) is 1.52. The third-order valence-electron chi connectivity index (χ3n) is 2.86. The number of hydrogen-bond acceptors (Lipinski definition) is 3. The number of anilines is 1. The Hall–Kier alpha value is -2.04. The maximum atomic E-state index is 11.8. The van der Waals surface area contributed by atoms with Crippen LogP contribution in [0.25, 0.3) is 0 Å². The molecule has 0 bridgehead atoms. The molecule has 0 saturated heterocycles. The molecule has 0 aromatic heterocycles. The second-order valence-corrected chi connectivity index (χ2v) is 4.99. The van der Waals surface area contributed by atoms with E-state index >= 15 is 0 Å². The van der Waals surface area contributed by atoms with E-state index < -0.39 is 6.10 Å². The molecule has 110 valence electrons. The van der Waals surface area contributed by atoms with Crippen LogP contribution in [0.2, 0.25) is 5.02 Å². The van der Waals surface area contributed by atoms with Crippen molar-refractivity contribution in [2.45, 2.75) is 13.0 Å². The smallest absolute Gasteiger partial charge is 0.262 e. The van der Waals surface area contributed by atoms with Crippen molar-refractivity contribution in [3.05, 3.63) is 59.1 Å². The highest BCUT2D eigenvalue weighted by Crippen LogP contribution is 2.24. The molecule has 0 saturated carbocycles. The summed E-state index contributed by atoms with van der Waals surface area (Å²) in [6.07, 6.45) is -0.652. The number of halogens is 1. The molecule has 1 atom stereocenters. The molecule has 0 spiro atoms. The van der Waals surface area contributed by atoms with E-state index in [4.69, 9.17) is 16.3 Å². The van der Waals surface area contributed by atoms with Crippen LogP contribution in [0.15, 0.2) is 48.5 Å². The Morgan fingerprint density at radius 2 is 1.90 bits per heavy atom. The normalized spacial score (nSPS) is 11.8. The molecule has 1 amide bonds. The molecule has 5 heteroatoms. The van der Waals surface area contributed by atoms with Crippen molar-refractivity contribution >= 4 is 23.2 Å². The van der Waals surface area contributed by atoms with Gasteiger partial charge in [-0.15, -0.1) is 0 Å². The highest BCUT2D eigenvalue weighted by Gasteiger charge is 2.10. The molecule has 2 aromatic carbocycles. The first kappa shape index (κ1) is 15.4. The van der Waals surface area contributed by atoms with E-state index in [0.29, 0.717) is 22.0 Å². The molecule has 0 aliphatic heterocycles. The minimum absolute atomic E-state index is 0.133. The first-order valence-electron chi connectivity index (χ1n) is 6.51. The summed E-state index contributed by atoms with van der Waals surface area (Å²) in [7, 11) is 0. The summed E-state index contributed by atoms with van der Waals surface area (Å²) in [5.74, 6) is 0.219. The number of aliphatic hydroxyl groups is 1. The highest BCUT2D eigenvalue weighted by atomic mass is 35.5. The number of nitrogens with one attached hydrogen (secondary N) is 1. The summed E-state index contributed by atoms with van der Waals surface area (Å²) >= 11 is 5.78. The molecule has 0 aliphatic rings. The molecule has 2 rings (SSSR count). The van der Waals surface area contributed by atoms with Gasteiger partial charge in [-0.3, -0.25) is 4.79 Å². The Kier molecular flexibility index (Phi) is 5.20. The van der Waals surface area contributed by atoms with E-state index in [1.54, 1.807) is 49.4 Å². The minimum atomic E-state index is -0.652. The average molecular weight is 306 g/mol. The lowest BCUT2D eigenvalue weighted by Gasteiger charge is -2.13. The monoisotopic (exact) mass is 305 g/mol. The van der Waals surface area contributed by atoms with E-state index in [1.165, 1.54) is 0 Å². The van der Waals surface area contributed by atoms with Crippen LogP contribution in [-0.2, 0) is 4.79 Å². The van der Waals surface area contributed by atoms with Gasteiger partial charge in [-0.1, -0.05) is 29.8 Å². The van der Waals surface area contributed by atoms with E-state index in [-0.39, 0.29) is 12.5 Å². The SMILES string of the molecule is C[C@@H](O)c1ccccc1OCC(=O)Nc1ccc(Cl)cc1. The summed E-state index contributed by atoms with van der Waals surface area (Å²) in [4.78, 5) is 11.8. The van der Waals surface area contributed by atoms with E-state index in [2.05, 4.69) is 5.32 Å². The minimum Gasteiger partial charge on any atom is -0.483 e. The van der Waals surface area contributed by atoms with E-state index in [1.807, 2.05) is 6.07 Å². The molecular formula is C16H16ClNO3. The molecular weight excluding hydrogens is 290 g/mol. The topological polar surface area (TPSA) is 58.6 Å². The van der Waals surface area contributed by atoms with E-state index in [0.717, 1.165) is 0 Å². The number of carbonyl (C=O) groups excluding carboxylic acids is 1. The third kappa shape index (κ3) is 4.48. The second kappa shape index (κ2) is 7.11. The lowest BCUT2D eigenvalue weighted by Crippen LogP contribution is -2.20. The Morgan fingerprint density at radius 3 is 2.57 bits per heavy atom. The van der Waals surface area contributed by atoms with Crippen LogP contribution in [0.5, 0.6) is 5.75 Å². The molecule has 0 heterocycles. The Balaban J connectivity index is 1.94. The molecule has 0 fully saturated rings. The molecule has 2 aromatic rings. The summed E-state index contributed by atoms with van der Waals surface area (Å²) in [5, 5.41) is 12.9. The Morgan fingerprint density at radius 1 is 1.24 bits per heavy atom. The number of carbonyl (C=O) groups is 1. The number of rotatable bonds is 5. The first-order chi connectivity index (χ1) is 10.1. The van der Waals surface area contributed by atoms with Gasteiger partial charge in [0.1, 0.15) is 5.75 Å². The molecule has 2 N–H and O–H groups in total. The Bertz CT molecular complexity index is 611. The standard InChI is InChI=1S/C16H16ClNO3/c1-11(19)14-4-2-3-5-15(14)21-10-16(20)18-13-8-6-12(17)7-9-13/h2-9,11,19H,10H2,1H3,(H,18,20)/t11-/m1/s1. The maximum Gasteiger partial charge on any atom is 0.262 e. The van der Waals surface area contributed by atoms with Crippen molar-refractivity contribution in [1.82, 2.24) is 0 Å². The summed E-state index contributed by atoms with van der Waals surface area (Å²) in [6, 6.07) is 13.9. The van der Waals surface area contributed by atoms with Gasteiger partial charge >= 0.3 is 0 Å². The zero-order chi connectivity index (χ0) is 15.2. The highest BCUT2D eigenvalue weighted by molar-refractivity contribution is 6.30. The van der Waals surface area contributed by atoms with Gasteiger partial charge in [0, 0.05) is 16.3 Å². The van der Waals surface area contributed by atoms with Crippen LogP contribution in [0.4, 0.5) is 5.69 Å². The number of ether oxygens (including phenoxy) is 1. The molecule has 21 heavy (non-hydrogen) atoms. The first-order valence-corrected chi connectivity index (χ1v) is 6.89. The van der Waals surface area contributed by atoms with Crippen LogP contribution < -0.4 is 10.1 Å². The van der Waals surface area contributed by atoms with Gasteiger partial charge < -0.3 is 15.2 Å². The van der Waals surface area contributed by atoms with Crippen LogP contribution in [0.3, 0.4) is 0 Å². The summed E-state index contributed by atoms with van der Waals surface area (Å²) < 4.78 is 5.46. The fourth-order valence-electron chi connectivity index (χ4n) is 1.83. The average Bonchev–Trinajstić information content (AvgIpc) is 2.48. The van der Waals surface area contributed by atoms with Crippen molar-refractivity contribution in [2.75, 3.05) is 11.9 Å². The number of aliphatic hydroxyl groups excluding tert-OH is 1. The van der Waals surface area contributed by atoms with Crippen LogP contribution in [0, 0.1) is 0 Å². The lowest BCUT2D eigenvalue weighted by atomic mass is 10.1. The number of para-hydroxylation sites is 1. The van der Waals surface area contributed by atoms with Crippen molar-refractivity contribution in [1.29, 1.82) is 0 Å². The van der Waals surface area contributed by atoms with Gasteiger partial charge in [0.25, 0.3) is 5.91 Å². The fourth-order valence-corrected chi connectivity index (χ4v) is 1.96. The second-order valence-electron chi connectivity index (χ2n) is 4.56. The number of amides is 1. The zero-order valence-electron chi connectivity index (χ0n) is 11.5. The molecule has 0 aliphatic carbocycles. The van der Waals surface area contributed by atoms with E-state index in [9.17, 15) is 9.90 Å². The van der Waals surface area contributed by atoms with Crippen LogP contribution in [0.1, 0.15) is 18.6 Å². The predicted molar refractivity (Wildman–Crippen MR) is 82.7 cm³/mol. The van der Waals surface area contributed by atoms with Crippen LogP contribution >= 0.6 is 11.6 Å². The molecule has 4 nitrogen and oxygen atoms in total. The number of hydrogen-bond donors (Lipinski definition) is 2. The maximum absolute atomic E-state index is 11.8. The fraction of sp³-hybridized carbons (Fsp3) is 0.188. The molecule has 0 radical (unpaired) electrons. The summed E-state index contributed by atoms with van der Waals surface area (Å²) in [5.41, 5.74) is 1.30. The molecule has 0 unspecified atom stereocenters. The largest absolute Gasteiger partial charge is 0.483 e. The Labute approximate surface area is 128 Å². The van der Waals surface area contributed by atoms with Gasteiger partial charge in [-0.2, -0.15) is 0 Å². The van der Waals surface area contributed by atoms with Crippen molar-refractivity contribution in [3.63, 3.8) is 0 Å². The zero-order valence-corrected chi connectivity index (χ0v) is 12.3. The van der Waals surface area contributed by atoms with Gasteiger partial charge in [-0.05, 0) is 37.3 Å². The van der Waals surface area contributed by atoms with Gasteiger partial charge in [0.15, 0.2) is 6.61 Å². The third-order valence-corrected chi connectivity index (χ3v) is 3.11. The van der Waals surface area contributed by atoms with Crippen LogP contribution in [-0.4, -0.2) is 17.6 Å².